The van der Waals surface area contributed by atoms with Crippen molar-refractivity contribution in [3.05, 3.63) is 47.8 Å². The fraction of sp³-hybridized carbons (Fsp3) is 0.333. The highest BCUT2D eigenvalue weighted by atomic mass is 15.3. The lowest BCUT2D eigenvalue weighted by Crippen LogP contribution is -2.25. The second kappa shape index (κ2) is 4.97. The number of anilines is 2. The highest BCUT2D eigenvalue weighted by Crippen LogP contribution is 2.35. The Bertz CT molecular complexity index is 565. The summed E-state index contributed by atoms with van der Waals surface area (Å²) in [4.78, 5) is 11.2. The molecular weight excluding hydrogens is 236 g/mol. The van der Waals surface area contributed by atoms with Crippen molar-refractivity contribution in [2.75, 3.05) is 11.4 Å². The Morgan fingerprint density at radius 2 is 2.00 bits per heavy atom. The number of benzene rings is 1. The quantitative estimate of drug-likeness (QED) is 0.911. The van der Waals surface area contributed by atoms with Crippen LogP contribution in [0.2, 0.25) is 0 Å². The minimum Gasteiger partial charge on any atom is -0.330 e. The molecule has 4 nitrogen and oxygen atoms in total. The third-order valence-electron chi connectivity index (χ3n) is 3.55. The molecule has 1 unspecified atom stereocenters. The molecule has 1 aromatic carbocycles. The van der Waals surface area contributed by atoms with Crippen molar-refractivity contribution in [1.82, 2.24) is 9.97 Å². The van der Waals surface area contributed by atoms with E-state index in [1.54, 1.807) is 0 Å². The minimum absolute atomic E-state index is 0.401. The van der Waals surface area contributed by atoms with Crippen LogP contribution in [0, 0.1) is 0 Å². The highest BCUT2D eigenvalue weighted by Gasteiger charge is 2.28. The van der Waals surface area contributed by atoms with Gasteiger partial charge < -0.3 is 10.6 Å². The Labute approximate surface area is 113 Å². The van der Waals surface area contributed by atoms with Crippen molar-refractivity contribution < 1.29 is 0 Å². The molecule has 0 bridgehead atoms. The highest BCUT2D eigenvalue weighted by molar-refractivity contribution is 5.66. The summed E-state index contributed by atoms with van der Waals surface area (Å²) in [6.45, 7) is 2.84. The molecule has 3 rings (SSSR count). The molecule has 0 fully saturated rings. The van der Waals surface area contributed by atoms with Gasteiger partial charge in [0.1, 0.15) is 0 Å². The van der Waals surface area contributed by atoms with E-state index < -0.39 is 0 Å². The molecule has 0 saturated carbocycles. The van der Waals surface area contributed by atoms with Gasteiger partial charge in [0.2, 0.25) is 5.95 Å². The van der Waals surface area contributed by atoms with E-state index in [4.69, 9.17) is 5.73 Å². The van der Waals surface area contributed by atoms with Gasteiger partial charge in [0, 0.05) is 24.1 Å². The van der Waals surface area contributed by atoms with Crippen molar-refractivity contribution in [2.45, 2.75) is 25.8 Å². The predicted octanol–water partition coefficient (Wildman–Crippen LogP) is 2.06. The van der Waals surface area contributed by atoms with Gasteiger partial charge in [-0.15, -0.1) is 0 Å². The SMILES string of the molecule is CC1Cc2ccccc2N1c1ncc(CCN)cn1. The number of nitrogens with zero attached hydrogens (tertiary/aromatic N) is 3. The van der Waals surface area contributed by atoms with E-state index in [1.807, 2.05) is 12.4 Å². The first-order chi connectivity index (χ1) is 9.29. The minimum atomic E-state index is 0.401. The lowest BCUT2D eigenvalue weighted by Gasteiger charge is -2.22. The van der Waals surface area contributed by atoms with Gasteiger partial charge in [0.25, 0.3) is 0 Å². The zero-order chi connectivity index (χ0) is 13.2. The number of hydrogen-bond acceptors (Lipinski definition) is 4. The first-order valence-corrected chi connectivity index (χ1v) is 6.67. The third-order valence-corrected chi connectivity index (χ3v) is 3.55. The number of hydrogen-bond donors (Lipinski definition) is 1. The molecule has 0 radical (unpaired) electrons. The molecule has 1 aromatic heterocycles. The number of fused-ring (bicyclic) bond motifs is 1. The lowest BCUT2D eigenvalue weighted by molar-refractivity contribution is 0.738. The van der Waals surface area contributed by atoms with Crippen LogP contribution in [0.3, 0.4) is 0 Å². The summed E-state index contributed by atoms with van der Waals surface area (Å²) in [6.07, 6.45) is 5.63. The molecule has 1 aliphatic heterocycles. The molecule has 2 aromatic rings. The standard InChI is InChI=1S/C15H18N4/c1-11-8-13-4-2-3-5-14(13)19(11)15-17-9-12(6-7-16)10-18-15/h2-5,9-11H,6-8,16H2,1H3. The van der Waals surface area contributed by atoms with Crippen molar-refractivity contribution >= 4 is 11.6 Å². The number of para-hydroxylation sites is 1. The Kier molecular flexibility index (Phi) is 3.17. The van der Waals surface area contributed by atoms with E-state index in [0.717, 1.165) is 24.4 Å². The number of rotatable bonds is 3. The van der Waals surface area contributed by atoms with Crippen LogP contribution >= 0.6 is 0 Å². The topological polar surface area (TPSA) is 55.0 Å². The molecule has 0 amide bonds. The van der Waals surface area contributed by atoms with Crippen molar-refractivity contribution in [2.24, 2.45) is 5.73 Å². The Morgan fingerprint density at radius 1 is 1.26 bits per heavy atom. The van der Waals surface area contributed by atoms with Gasteiger partial charge in [-0.1, -0.05) is 18.2 Å². The van der Waals surface area contributed by atoms with Crippen LogP contribution in [-0.4, -0.2) is 22.6 Å². The zero-order valence-corrected chi connectivity index (χ0v) is 11.1. The van der Waals surface area contributed by atoms with Gasteiger partial charge in [-0.05, 0) is 43.5 Å². The maximum atomic E-state index is 5.54. The smallest absolute Gasteiger partial charge is 0.230 e. The molecule has 19 heavy (non-hydrogen) atoms. The summed E-state index contributed by atoms with van der Waals surface area (Å²) in [5.41, 5.74) is 9.22. The lowest BCUT2D eigenvalue weighted by atomic mass is 10.1. The molecule has 98 valence electrons. The fourth-order valence-corrected chi connectivity index (χ4v) is 2.64. The maximum Gasteiger partial charge on any atom is 0.230 e. The second-order valence-electron chi connectivity index (χ2n) is 4.98. The molecule has 2 heterocycles. The summed E-state index contributed by atoms with van der Waals surface area (Å²) in [5.74, 6) is 0.776. The Morgan fingerprint density at radius 3 is 2.74 bits per heavy atom. The first-order valence-electron chi connectivity index (χ1n) is 6.67. The van der Waals surface area contributed by atoms with Crippen LogP contribution in [0.4, 0.5) is 11.6 Å². The van der Waals surface area contributed by atoms with Crippen LogP contribution in [0.25, 0.3) is 0 Å². The van der Waals surface area contributed by atoms with Crippen molar-refractivity contribution in [1.29, 1.82) is 0 Å². The first kappa shape index (κ1) is 12.1. The summed E-state index contributed by atoms with van der Waals surface area (Å²) in [6, 6.07) is 8.86. The Balaban J connectivity index is 1.93. The monoisotopic (exact) mass is 254 g/mol. The van der Waals surface area contributed by atoms with Crippen LogP contribution in [0.5, 0.6) is 0 Å². The fourth-order valence-electron chi connectivity index (χ4n) is 2.64. The van der Waals surface area contributed by atoms with E-state index in [-0.39, 0.29) is 0 Å². The summed E-state index contributed by atoms with van der Waals surface area (Å²) in [5, 5.41) is 0. The van der Waals surface area contributed by atoms with Gasteiger partial charge in [-0.3, -0.25) is 0 Å². The molecule has 1 atom stereocenters. The van der Waals surface area contributed by atoms with E-state index in [0.29, 0.717) is 12.6 Å². The number of aromatic nitrogens is 2. The molecule has 0 spiro atoms. The van der Waals surface area contributed by atoms with Crippen LogP contribution in [-0.2, 0) is 12.8 Å². The van der Waals surface area contributed by atoms with E-state index >= 15 is 0 Å². The van der Waals surface area contributed by atoms with Gasteiger partial charge in [-0.25, -0.2) is 9.97 Å². The van der Waals surface area contributed by atoms with Crippen molar-refractivity contribution in [3.8, 4) is 0 Å². The van der Waals surface area contributed by atoms with Gasteiger partial charge >= 0.3 is 0 Å². The summed E-state index contributed by atoms with van der Waals surface area (Å²) >= 11 is 0. The predicted molar refractivity (Wildman–Crippen MR) is 76.5 cm³/mol. The third kappa shape index (κ3) is 2.19. The largest absolute Gasteiger partial charge is 0.330 e. The average Bonchev–Trinajstić information content (AvgIpc) is 2.76. The summed E-state index contributed by atoms with van der Waals surface area (Å²) < 4.78 is 0. The van der Waals surface area contributed by atoms with Crippen LogP contribution in [0.1, 0.15) is 18.1 Å². The maximum absolute atomic E-state index is 5.54. The van der Waals surface area contributed by atoms with Gasteiger partial charge in [0.15, 0.2) is 0 Å². The van der Waals surface area contributed by atoms with Gasteiger partial charge in [0.05, 0.1) is 0 Å². The van der Waals surface area contributed by atoms with E-state index in [2.05, 4.69) is 46.1 Å². The molecule has 0 saturated heterocycles. The van der Waals surface area contributed by atoms with Gasteiger partial charge in [-0.2, -0.15) is 0 Å². The van der Waals surface area contributed by atoms with Crippen molar-refractivity contribution in [3.63, 3.8) is 0 Å². The number of nitrogens with two attached hydrogens (primary N) is 1. The second-order valence-corrected chi connectivity index (χ2v) is 4.98. The van der Waals surface area contributed by atoms with Crippen LogP contribution < -0.4 is 10.6 Å². The van der Waals surface area contributed by atoms with E-state index in [1.165, 1.54) is 11.3 Å². The molecule has 4 heteroatoms. The van der Waals surface area contributed by atoms with Crippen LogP contribution in [0.15, 0.2) is 36.7 Å². The van der Waals surface area contributed by atoms with E-state index in [9.17, 15) is 0 Å². The molecule has 1 aliphatic rings. The normalized spacial score (nSPS) is 17.6. The molecule has 0 aliphatic carbocycles. The molecular formula is C15H18N4. The Hall–Kier alpha value is -1.94. The zero-order valence-electron chi connectivity index (χ0n) is 11.1. The summed E-state index contributed by atoms with van der Waals surface area (Å²) in [7, 11) is 0. The average molecular weight is 254 g/mol. The molecule has 2 N–H and O–H groups in total.